The highest BCUT2D eigenvalue weighted by molar-refractivity contribution is 5.76. The van der Waals surface area contributed by atoms with Crippen molar-refractivity contribution in [2.45, 2.75) is 426 Å². The van der Waals surface area contributed by atoms with Gasteiger partial charge in [0.25, 0.3) is 0 Å². The summed E-state index contributed by atoms with van der Waals surface area (Å²) in [5.41, 5.74) is 0. The Bertz CT molecular complexity index is 2650. The number of hydrogen-bond donors (Lipinski definition) is 12. The molecule has 3 aliphatic rings. The minimum Gasteiger partial charge on any atom is -0.394 e. The van der Waals surface area contributed by atoms with E-state index in [1.54, 1.807) is 6.08 Å². The SMILES string of the molecule is CC/C=C\C/C=C\C/C=C\C/C=C\C/C=C\C/C=C\C/C=C\C/C=C\C/C=C\CCCCCCCCCCCCCC(=O)NC(COC1OC(CO)C(OC2OC(CO)C(OC3OC(CO)C(O)C(O)C3O)C(O)C2O)C(O)C1O)C(O)/C=C/CC/C=C/CC/C=C/CCCCCCCCCCCCCCCCCCCCCCC. The highest BCUT2D eigenvalue weighted by Crippen LogP contribution is 2.33. The maximum Gasteiger partial charge on any atom is 0.220 e. The lowest BCUT2D eigenvalue weighted by Crippen LogP contribution is -2.66. The first-order valence-electron chi connectivity index (χ1n) is 45.6. The molecule has 3 saturated heterocycles. The third-order valence-corrected chi connectivity index (χ3v) is 21.6. The molecule has 17 unspecified atom stereocenters. The van der Waals surface area contributed by atoms with Crippen molar-refractivity contribution >= 4 is 5.91 Å². The second kappa shape index (κ2) is 73.6. The molecule has 0 aromatic carbocycles. The molecule has 12 N–H and O–H groups in total. The molecule has 0 spiro atoms. The van der Waals surface area contributed by atoms with Gasteiger partial charge in [0.15, 0.2) is 18.9 Å². The van der Waals surface area contributed by atoms with Crippen LogP contribution in [-0.4, -0.2) is 193 Å². The van der Waals surface area contributed by atoms with E-state index in [9.17, 15) is 61.0 Å². The van der Waals surface area contributed by atoms with Crippen LogP contribution in [0.4, 0.5) is 0 Å². The van der Waals surface area contributed by atoms with E-state index in [-0.39, 0.29) is 18.9 Å². The zero-order valence-electron chi connectivity index (χ0n) is 71.2. The lowest BCUT2D eigenvalue weighted by molar-refractivity contribution is -0.379. The number of ether oxygens (including phenoxy) is 6. The smallest absolute Gasteiger partial charge is 0.220 e. The van der Waals surface area contributed by atoms with E-state index in [4.69, 9.17) is 28.4 Å². The monoisotopic (exact) mass is 1620 g/mol. The van der Waals surface area contributed by atoms with Crippen LogP contribution in [0.25, 0.3) is 0 Å². The predicted molar refractivity (Wildman–Crippen MR) is 466 cm³/mol. The molecule has 19 heteroatoms. The van der Waals surface area contributed by atoms with Crippen molar-refractivity contribution in [2.75, 3.05) is 26.4 Å². The lowest BCUT2D eigenvalue weighted by atomic mass is 9.96. The fraction of sp³-hybridized carbons (Fsp3) is 0.740. The summed E-state index contributed by atoms with van der Waals surface area (Å²) < 4.78 is 34.5. The summed E-state index contributed by atoms with van der Waals surface area (Å²) in [4.78, 5) is 13.5. The summed E-state index contributed by atoms with van der Waals surface area (Å²) in [6.45, 7) is 1.62. The summed E-state index contributed by atoms with van der Waals surface area (Å²) in [5, 5.41) is 121. The zero-order valence-corrected chi connectivity index (χ0v) is 71.2. The third-order valence-electron chi connectivity index (χ3n) is 21.6. The van der Waals surface area contributed by atoms with E-state index < -0.39 is 124 Å². The van der Waals surface area contributed by atoms with Crippen LogP contribution < -0.4 is 5.32 Å². The lowest BCUT2D eigenvalue weighted by Gasteiger charge is -2.48. The molecule has 1 amide bonds. The van der Waals surface area contributed by atoms with E-state index in [1.807, 2.05) is 6.08 Å². The van der Waals surface area contributed by atoms with Crippen LogP contribution >= 0.6 is 0 Å². The van der Waals surface area contributed by atoms with Crippen LogP contribution in [0.2, 0.25) is 0 Å². The first-order chi connectivity index (χ1) is 56.3. The number of amides is 1. The van der Waals surface area contributed by atoms with Gasteiger partial charge in [-0.15, -0.1) is 0 Å². The van der Waals surface area contributed by atoms with Crippen LogP contribution in [0.1, 0.15) is 322 Å². The van der Waals surface area contributed by atoms with E-state index in [1.165, 1.54) is 173 Å². The first kappa shape index (κ1) is 105. The number of nitrogens with one attached hydrogen (secondary N) is 1. The van der Waals surface area contributed by atoms with E-state index in [0.717, 1.165) is 116 Å². The van der Waals surface area contributed by atoms with Crippen molar-refractivity contribution in [3.8, 4) is 0 Å². The third kappa shape index (κ3) is 51.8. The molecular formula is C96H163NO18. The molecule has 115 heavy (non-hydrogen) atoms. The molecule has 19 nitrogen and oxygen atoms in total. The average Bonchev–Trinajstić information content (AvgIpc) is 0.779. The maximum atomic E-state index is 13.5. The second-order valence-electron chi connectivity index (χ2n) is 31.7. The minimum absolute atomic E-state index is 0.220. The number of carbonyl (C=O) groups excluding carboxylic acids is 1. The summed E-state index contributed by atoms with van der Waals surface area (Å²) in [6, 6.07) is -1.01. The van der Waals surface area contributed by atoms with Gasteiger partial charge >= 0.3 is 0 Å². The van der Waals surface area contributed by atoms with Crippen LogP contribution in [0, 0.1) is 0 Å². The molecule has 3 rings (SSSR count). The molecule has 17 atom stereocenters. The molecule has 0 saturated carbocycles. The van der Waals surface area contributed by atoms with Crippen LogP contribution in [-0.2, 0) is 33.2 Å². The van der Waals surface area contributed by atoms with Gasteiger partial charge in [0.1, 0.15) is 73.2 Å². The molecule has 0 aromatic heterocycles. The number of carbonyl (C=O) groups is 1. The molecule has 0 aromatic rings. The zero-order chi connectivity index (χ0) is 83.1. The number of unbranched alkanes of at least 4 members (excludes halogenated alkanes) is 34. The maximum absolute atomic E-state index is 13.5. The molecule has 0 aliphatic carbocycles. The Morgan fingerprint density at radius 3 is 0.974 bits per heavy atom. The largest absolute Gasteiger partial charge is 0.394 e. The Labute approximate surface area is 695 Å². The van der Waals surface area contributed by atoms with Gasteiger partial charge in [-0.25, -0.2) is 0 Å². The van der Waals surface area contributed by atoms with Crippen LogP contribution in [0.5, 0.6) is 0 Å². The average molecular weight is 1620 g/mol. The second-order valence-corrected chi connectivity index (χ2v) is 31.7. The highest BCUT2D eigenvalue weighted by Gasteiger charge is 2.54. The Morgan fingerprint density at radius 1 is 0.322 bits per heavy atom. The van der Waals surface area contributed by atoms with Crippen molar-refractivity contribution in [3.63, 3.8) is 0 Å². The van der Waals surface area contributed by atoms with E-state index >= 15 is 0 Å². The number of allylic oxidation sites excluding steroid dienone is 23. The van der Waals surface area contributed by atoms with Gasteiger partial charge in [0.05, 0.1) is 38.6 Å². The summed E-state index contributed by atoms with van der Waals surface area (Å²) in [5.74, 6) is -0.296. The van der Waals surface area contributed by atoms with Crippen molar-refractivity contribution in [3.05, 3.63) is 146 Å². The van der Waals surface area contributed by atoms with Crippen molar-refractivity contribution in [1.29, 1.82) is 0 Å². The number of aliphatic hydroxyl groups excluding tert-OH is 11. The van der Waals surface area contributed by atoms with Gasteiger partial charge < -0.3 is 89.9 Å². The van der Waals surface area contributed by atoms with E-state index in [2.05, 4.69) is 153 Å². The van der Waals surface area contributed by atoms with Gasteiger partial charge in [-0.3, -0.25) is 4.79 Å². The van der Waals surface area contributed by atoms with Gasteiger partial charge in [0, 0.05) is 6.42 Å². The first-order valence-corrected chi connectivity index (χ1v) is 45.6. The Balaban J connectivity index is 1.35. The fourth-order valence-electron chi connectivity index (χ4n) is 14.4. The Kier molecular flexibility index (Phi) is 67.1. The minimum atomic E-state index is -1.99. The Morgan fingerprint density at radius 2 is 0.609 bits per heavy atom. The normalized spacial score (nSPS) is 25.3. The molecule has 660 valence electrons. The van der Waals surface area contributed by atoms with Crippen molar-refractivity contribution in [2.24, 2.45) is 0 Å². The standard InChI is InChI=1S/C96H163NO18/c1-3-5-7-9-11-13-15-17-19-21-23-25-27-29-31-33-35-36-37-38-39-40-41-42-44-46-48-50-52-54-56-58-60-62-64-66-68-70-72-74-84(102)97-79(80(101)73-71-69-67-65-63-61-59-57-55-53-51-49-47-45-43-34-32-30-28-26-24-22-20-18-16-14-12-10-8-6-4-2)78-110-94-90(108)87(105)92(82(76-99)112-94)115-96-91(109)88(106)93(83(77-100)113-96)114-95-89(107)86(104)85(103)81(75-98)111-95/h5,7,11,13,17,19,23,25,29,31,35-36,38-39,41-42,46,48,55,57,63,65,71,73,79-83,85-96,98-101,103-109H,3-4,6,8-10,12,14-16,18,20-22,24,26-28,30,32-34,37,40,43-45,47,49-54,56,58-62,64,66-70,72,74-78H2,1-2H3,(H,97,102)/b7-5-,13-11-,19-17-,25-23-,31-29-,36-35-,39-38-,42-41-,48-46-,57-55+,65-63+,73-71+. The summed E-state index contributed by atoms with van der Waals surface area (Å²) >= 11 is 0. The summed E-state index contributed by atoms with van der Waals surface area (Å²) in [7, 11) is 0. The topological polar surface area (TPSA) is 307 Å². The van der Waals surface area contributed by atoms with Gasteiger partial charge in [-0.2, -0.15) is 0 Å². The predicted octanol–water partition coefficient (Wildman–Crippen LogP) is 17.7. The van der Waals surface area contributed by atoms with Gasteiger partial charge in [-0.1, -0.05) is 346 Å². The number of aliphatic hydroxyl groups is 11. The molecule has 0 radical (unpaired) electrons. The molecule has 0 bridgehead atoms. The molecular weight excluding hydrogens is 1460 g/mol. The summed E-state index contributed by atoms with van der Waals surface area (Å²) in [6.07, 6.45) is 81.3. The van der Waals surface area contributed by atoms with Crippen molar-refractivity contribution < 1.29 is 89.4 Å². The Hall–Kier alpha value is -4.33. The molecule has 3 aliphatic heterocycles. The van der Waals surface area contributed by atoms with Crippen LogP contribution in [0.15, 0.2) is 146 Å². The van der Waals surface area contributed by atoms with Crippen molar-refractivity contribution in [1.82, 2.24) is 5.32 Å². The molecule has 3 heterocycles. The van der Waals surface area contributed by atoms with Gasteiger partial charge in [0.2, 0.25) is 5.91 Å². The molecule has 3 fully saturated rings. The van der Waals surface area contributed by atoms with Gasteiger partial charge in [-0.05, 0) is 116 Å². The highest BCUT2D eigenvalue weighted by atomic mass is 16.8. The number of rotatable bonds is 72. The van der Waals surface area contributed by atoms with E-state index in [0.29, 0.717) is 12.8 Å². The fourth-order valence-corrected chi connectivity index (χ4v) is 14.4. The van der Waals surface area contributed by atoms with Crippen LogP contribution in [0.3, 0.4) is 0 Å². The number of hydrogen-bond acceptors (Lipinski definition) is 18. The quantitative estimate of drug-likeness (QED) is 0.0199.